The van der Waals surface area contributed by atoms with Crippen LogP contribution in [-0.4, -0.2) is 23.7 Å². The van der Waals surface area contributed by atoms with E-state index in [1.54, 1.807) is 18.2 Å². The van der Waals surface area contributed by atoms with Crippen LogP contribution in [-0.2, 0) is 4.79 Å². The third kappa shape index (κ3) is 2.82. The number of nitrogens with zero attached hydrogens (tertiary/aromatic N) is 2. The van der Waals surface area contributed by atoms with Gasteiger partial charge in [0.15, 0.2) is 0 Å². The Morgan fingerprint density at radius 3 is 2.89 bits per heavy atom. The Kier molecular flexibility index (Phi) is 3.96. The van der Waals surface area contributed by atoms with Gasteiger partial charge in [-0.05, 0) is 37.0 Å². The summed E-state index contributed by atoms with van der Waals surface area (Å²) in [5.74, 6) is -0.404. The highest BCUT2D eigenvalue weighted by Gasteiger charge is 2.31. The summed E-state index contributed by atoms with van der Waals surface area (Å²) in [5, 5.41) is 18.5. The summed E-state index contributed by atoms with van der Waals surface area (Å²) in [7, 11) is 0. The molecule has 0 amide bonds. The third-order valence-electron chi connectivity index (χ3n) is 3.55. The summed E-state index contributed by atoms with van der Waals surface area (Å²) in [5.41, 5.74) is 1.17. The molecule has 1 aromatic rings. The third-order valence-corrected chi connectivity index (χ3v) is 3.87. The minimum absolute atomic E-state index is 0.364. The van der Waals surface area contributed by atoms with Gasteiger partial charge in [-0.15, -0.1) is 0 Å². The number of aliphatic carboxylic acids is 1. The molecule has 1 fully saturated rings. The smallest absolute Gasteiger partial charge is 0.326 e. The van der Waals surface area contributed by atoms with Crippen molar-refractivity contribution in [2.45, 2.75) is 25.8 Å². The van der Waals surface area contributed by atoms with Gasteiger partial charge in [0.2, 0.25) is 0 Å². The molecule has 1 aliphatic rings. The maximum atomic E-state index is 11.4. The highest BCUT2D eigenvalue weighted by molar-refractivity contribution is 6.32. The van der Waals surface area contributed by atoms with Crippen LogP contribution in [0.15, 0.2) is 18.2 Å². The molecule has 5 heteroatoms. The molecule has 2 unspecified atom stereocenters. The summed E-state index contributed by atoms with van der Waals surface area (Å²) in [6.45, 7) is 2.76. The van der Waals surface area contributed by atoms with Crippen molar-refractivity contribution in [3.05, 3.63) is 28.8 Å². The lowest BCUT2D eigenvalue weighted by molar-refractivity contribution is -0.139. The molecule has 0 spiro atoms. The van der Waals surface area contributed by atoms with Crippen LogP contribution in [0.1, 0.15) is 25.3 Å². The van der Waals surface area contributed by atoms with Crippen molar-refractivity contribution in [3.8, 4) is 6.07 Å². The molecule has 4 nitrogen and oxygen atoms in total. The maximum Gasteiger partial charge on any atom is 0.326 e. The molecule has 0 radical (unpaired) electrons. The predicted molar refractivity (Wildman–Crippen MR) is 73.3 cm³/mol. The van der Waals surface area contributed by atoms with E-state index in [2.05, 4.69) is 6.92 Å². The second-order valence-corrected chi connectivity index (χ2v) is 5.36. The van der Waals surface area contributed by atoms with Gasteiger partial charge in [0.25, 0.3) is 0 Å². The Morgan fingerprint density at radius 2 is 2.32 bits per heavy atom. The fourth-order valence-corrected chi connectivity index (χ4v) is 2.68. The van der Waals surface area contributed by atoms with Gasteiger partial charge in [-0.25, -0.2) is 4.79 Å². The monoisotopic (exact) mass is 278 g/mol. The summed E-state index contributed by atoms with van der Waals surface area (Å²) < 4.78 is 0. The number of carbonyl (C=O) groups is 1. The van der Waals surface area contributed by atoms with Gasteiger partial charge in [0.05, 0.1) is 10.6 Å². The van der Waals surface area contributed by atoms with E-state index in [0.717, 1.165) is 12.1 Å². The van der Waals surface area contributed by atoms with Crippen LogP contribution in [0.5, 0.6) is 0 Å². The highest BCUT2D eigenvalue weighted by atomic mass is 35.5. The first-order valence-electron chi connectivity index (χ1n) is 6.22. The van der Waals surface area contributed by atoms with E-state index in [4.69, 9.17) is 16.9 Å². The molecule has 0 saturated carbocycles. The number of anilines is 1. The Bertz CT molecular complexity index is 539. The summed E-state index contributed by atoms with van der Waals surface area (Å²) >= 11 is 6.01. The molecule has 0 aromatic heterocycles. The van der Waals surface area contributed by atoms with Gasteiger partial charge < -0.3 is 10.0 Å². The molecule has 2 rings (SSSR count). The number of carboxylic acid groups (broad SMARTS) is 1. The average molecular weight is 279 g/mol. The van der Waals surface area contributed by atoms with Gasteiger partial charge in [-0.1, -0.05) is 18.5 Å². The molecule has 2 atom stereocenters. The number of nitriles is 1. The van der Waals surface area contributed by atoms with E-state index in [1.807, 2.05) is 11.0 Å². The molecule has 1 saturated heterocycles. The average Bonchev–Trinajstić information content (AvgIpc) is 2.38. The Balaban J connectivity index is 2.31. The second-order valence-electron chi connectivity index (χ2n) is 4.95. The number of piperidine rings is 1. The number of hydrogen-bond acceptors (Lipinski definition) is 3. The molecule has 1 heterocycles. The van der Waals surface area contributed by atoms with Gasteiger partial charge in [0.1, 0.15) is 12.1 Å². The molecule has 1 aliphatic heterocycles. The number of rotatable bonds is 2. The summed E-state index contributed by atoms with van der Waals surface area (Å²) in [4.78, 5) is 13.2. The van der Waals surface area contributed by atoms with E-state index in [-0.39, 0.29) is 0 Å². The molecule has 0 bridgehead atoms. The quantitative estimate of drug-likeness (QED) is 0.903. The van der Waals surface area contributed by atoms with Crippen molar-refractivity contribution in [3.63, 3.8) is 0 Å². The lowest BCUT2D eigenvalue weighted by Gasteiger charge is -2.37. The first kappa shape index (κ1) is 13.7. The largest absolute Gasteiger partial charge is 0.480 e. The van der Waals surface area contributed by atoms with Gasteiger partial charge in [-0.2, -0.15) is 5.26 Å². The highest BCUT2D eigenvalue weighted by Crippen LogP contribution is 2.30. The van der Waals surface area contributed by atoms with Crippen LogP contribution in [0, 0.1) is 17.2 Å². The van der Waals surface area contributed by atoms with Crippen molar-refractivity contribution in [2.75, 3.05) is 11.4 Å². The lowest BCUT2D eigenvalue weighted by Crippen LogP contribution is -2.47. The van der Waals surface area contributed by atoms with Crippen molar-refractivity contribution >= 4 is 23.3 Å². The van der Waals surface area contributed by atoms with Gasteiger partial charge in [0, 0.05) is 12.2 Å². The van der Waals surface area contributed by atoms with Gasteiger partial charge in [-0.3, -0.25) is 0 Å². The number of carboxylic acids is 1. The maximum absolute atomic E-state index is 11.4. The zero-order chi connectivity index (χ0) is 14.0. The van der Waals surface area contributed by atoms with Crippen molar-refractivity contribution in [1.29, 1.82) is 5.26 Å². The molecule has 1 N–H and O–H groups in total. The molecule has 0 aliphatic carbocycles. The molecule has 1 aromatic carbocycles. The van der Waals surface area contributed by atoms with E-state index in [1.165, 1.54) is 0 Å². The normalized spacial score (nSPS) is 22.9. The number of halogens is 1. The number of hydrogen-bond donors (Lipinski definition) is 1. The predicted octanol–water partition coefficient (Wildman–Crippen LogP) is 2.90. The van der Waals surface area contributed by atoms with E-state index < -0.39 is 12.0 Å². The molecular weight excluding hydrogens is 264 g/mol. The Morgan fingerprint density at radius 1 is 1.58 bits per heavy atom. The lowest BCUT2D eigenvalue weighted by atomic mass is 9.92. The Hall–Kier alpha value is -1.73. The van der Waals surface area contributed by atoms with Crippen LogP contribution in [0.25, 0.3) is 0 Å². The zero-order valence-corrected chi connectivity index (χ0v) is 11.4. The fraction of sp³-hybridized carbons (Fsp3) is 0.429. The summed E-state index contributed by atoms with van der Waals surface area (Å²) in [6.07, 6.45) is 1.59. The zero-order valence-electron chi connectivity index (χ0n) is 10.6. The molecule has 19 heavy (non-hydrogen) atoms. The van der Waals surface area contributed by atoms with E-state index in [0.29, 0.717) is 29.5 Å². The van der Waals surface area contributed by atoms with Gasteiger partial charge >= 0.3 is 5.97 Å². The fourth-order valence-electron chi connectivity index (χ4n) is 2.46. The van der Waals surface area contributed by atoms with Crippen LogP contribution < -0.4 is 4.90 Å². The number of benzene rings is 1. The van der Waals surface area contributed by atoms with Crippen LogP contribution in [0.4, 0.5) is 5.69 Å². The van der Waals surface area contributed by atoms with Crippen LogP contribution in [0.2, 0.25) is 5.02 Å². The van der Waals surface area contributed by atoms with E-state index in [9.17, 15) is 9.90 Å². The first-order valence-corrected chi connectivity index (χ1v) is 6.60. The summed E-state index contributed by atoms with van der Waals surface area (Å²) in [6, 6.07) is 6.55. The minimum Gasteiger partial charge on any atom is -0.480 e. The standard InChI is InChI=1S/C14H15ClN2O2/c1-9-4-5-17(13(6-9)14(18)19)11-3-2-10(8-16)12(15)7-11/h2-3,7,9,13H,4-6H2,1H3,(H,18,19). The first-order chi connectivity index (χ1) is 9.02. The Labute approximate surface area is 117 Å². The van der Waals surface area contributed by atoms with E-state index >= 15 is 0 Å². The molecular formula is C14H15ClN2O2. The van der Waals surface area contributed by atoms with Crippen molar-refractivity contribution in [2.24, 2.45) is 5.92 Å². The minimum atomic E-state index is -0.813. The van der Waals surface area contributed by atoms with Crippen molar-refractivity contribution in [1.82, 2.24) is 0 Å². The molecule has 100 valence electrons. The topological polar surface area (TPSA) is 64.3 Å². The van der Waals surface area contributed by atoms with Crippen LogP contribution >= 0.6 is 11.6 Å². The van der Waals surface area contributed by atoms with Crippen molar-refractivity contribution < 1.29 is 9.90 Å². The van der Waals surface area contributed by atoms with Crippen LogP contribution in [0.3, 0.4) is 0 Å². The second kappa shape index (κ2) is 5.50. The SMILES string of the molecule is CC1CCN(c2ccc(C#N)c(Cl)c2)C(C(=O)O)C1.